The van der Waals surface area contributed by atoms with E-state index >= 15 is 0 Å². The third-order valence-electron chi connectivity index (χ3n) is 1.32. The lowest BCUT2D eigenvalue weighted by Crippen LogP contribution is -2.24. The minimum absolute atomic E-state index is 0.556. The van der Waals surface area contributed by atoms with E-state index in [9.17, 15) is 13.2 Å². The molecule has 12 heavy (non-hydrogen) atoms. The minimum Gasteiger partial charge on any atom is -0.193 e. The lowest BCUT2D eigenvalue weighted by molar-refractivity contribution is -0.103. The molecule has 0 saturated carbocycles. The second kappa shape index (κ2) is 3.18. The second-order valence-corrected chi connectivity index (χ2v) is 3.43. The van der Waals surface area contributed by atoms with Gasteiger partial charge in [-0.1, -0.05) is 20.8 Å². The van der Waals surface area contributed by atoms with Crippen LogP contribution in [-0.4, -0.2) is 6.18 Å². The predicted octanol–water partition coefficient (Wildman–Crippen LogP) is 3.04. The smallest absolute Gasteiger partial charge is 0.193 e. The van der Waals surface area contributed by atoms with Gasteiger partial charge >= 0.3 is 6.18 Å². The Kier molecular flexibility index (Phi) is 2.92. The highest BCUT2D eigenvalue weighted by Crippen LogP contribution is 2.38. The third-order valence-corrected chi connectivity index (χ3v) is 1.32. The molecule has 0 bridgehead atoms. The van der Waals surface area contributed by atoms with Gasteiger partial charge in [-0.05, 0) is 5.41 Å². The van der Waals surface area contributed by atoms with Gasteiger partial charge in [0, 0.05) is 11.6 Å². The summed E-state index contributed by atoms with van der Waals surface area (Å²) in [7, 11) is 0. The normalized spacial score (nSPS) is 14.2. The highest BCUT2D eigenvalue weighted by Gasteiger charge is 2.40. The average Bonchev–Trinajstić information content (AvgIpc) is 1.77. The largest absolute Gasteiger partial charge is 0.413 e. The number of nitriles is 1. The maximum absolute atomic E-state index is 12.2. The molecule has 0 atom stereocenters. The Bertz CT molecular complexity index is 208. The van der Waals surface area contributed by atoms with Crippen LogP contribution < -0.4 is 0 Å². The van der Waals surface area contributed by atoms with Crippen LogP contribution in [-0.2, 0) is 0 Å². The summed E-state index contributed by atoms with van der Waals surface area (Å²) in [5.74, 6) is 0. The van der Waals surface area contributed by atoms with E-state index in [1.165, 1.54) is 26.8 Å². The molecule has 0 radical (unpaired) electrons. The Balaban J connectivity index is 5.00. The molecule has 0 aromatic rings. The molecular formula is C8H10F3N. The molecule has 0 amide bonds. The first-order chi connectivity index (χ1) is 5.19. The molecule has 0 fully saturated rings. The molecule has 0 aliphatic heterocycles. The number of allylic oxidation sites excluding steroid dienone is 2. The maximum atomic E-state index is 12.2. The van der Waals surface area contributed by atoms with Crippen molar-refractivity contribution in [1.29, 1.82) is 5.26 Å². The maximum Gasteiger partial charge on any atom is 0.413 e. The Labute approximate surface area is 69.5 Å². The number of nitrogens with zero attached hydrogens (tertiary/aromatic N) is 1. The van der Waals surface area contributed by atoms with Gasteiger partial charge in [0.25, 0.3) is 0 Å². The molecule has 0 unspecified atom stereocenters. The van der Waals surface area contributed by atoms with Gasteiger partial charge in [-0.15, -0.1) is 0 Å². The fourth-order valence-corrected chi connectivity index (χ4v) is 0.788. The van der Waals surface area contributed by atoms with E-state index in [2.05, 4.69) is 0 Å². The van der Waals surface area contributed by atoms with Crippen LogP contribution in [0.15, 0.2) is 11.6 Å². The molecule has 0 spiro atoms. The van der Waals surface area contributed by atoms with Crippen molar-refractivity contribution in [2.45, 2.75) is 26.9 Å². The zero-order valence-electron chi connectivity index (χ0n) is 7.16. The van der Waals surface area contributed by atoms with Crippen LogP contribution in [0.4, 0.5) is 13.2 Å². The molecule has 0 heterocycles. The lowest BCUT2D eigenvalue weighted by Gasteiger charge is -2.23. The molecule has 1 nitrogen and oxygen atoms in total. The van der Waals surface area contributed by atoms with Crippen molar-refractivity contribution in [3.05, 3.63) is 11.6 Å². The second-order valence-electron chi connectivity index (χ2n) is 3.43. The van der Waals surface area contributed by atoms with E-state index in [0.717, 1.165) is 0 Å². The summed E-state index contributed by atoms with van der Waals surface area (Å²) in [6.07, 6.45) is -3.85. The van der Waals surface area contributed by atoms with Gasteiger partial charge in [0.1, 0.15) is 0 Å². The van der Waals surface area contributed by atoms with Crippen LogP contribution in [0.1, 0.15) is 20.8 Å². The fraction of sp³-hybridized carbons (Fsp3) is 0.625. The van der Waals surface area contributed by atoms with E-state index in [1.807, 2.05) is 0 Å². The van der Waals surface area contributed by atoms with E-state index in [0.29, 0.717) is 6.08 Å². The number of hydrogen-bond donors (Lipinski definition) is 0. The van der Waals surface area contributed by atoms with Crippen LogP contribution in [0.2, 0.25) is 0 Å². The van der Waals surface area contributed by atoms with Crippen molar-refractivity contribution in [2.24, 2.45) is 5.41 Å². The summed E-state index contributed by atoms with van der Waals surface area (Å²) in [5, 5.41) is 8.14. The van der Waals surface area contributed by atoms with Gasteiger partial charge in [-0.25, -0.2) is 0 Å². The number of alkyl halides is 3. The number of halogens is 3. The SMILES string of the molecule is CC(C)(C)C(=CC#N)C(F)(F)F. The molecule has 0 saturated heterocycles. The Morgan fingerprint density at radius 1 is 1.25 bits per heavy atom. The molecule has 0 aliphatic carbocycles. The van der Waals surface area contributed by atoms with Gasteiger partial charge in [-0.2, -0.15) is 18.4 Å². The summed E-state index contributed by atoms with van der Waals surface area (Å²) in [6, 6.07) is 1.40. The summed E-state index contributed by atoms with van der Waals surface area (Å²) in [6.45, 7) is 4.26. The van der Waals surface area contributed by atoms with Gasteiger partial charge in [0.15, 0.2) is 0 Å². The molecular weight excluding hydrogens is 167 g/mol. The summed E-state index contributed by atoms with van der Waals surface area (Å²) < 4.78 is 36.6. The van der Waals surface area contributed by atoms with Crippen LogP contribution in [0.25, 0.3) is 0 Å². The van der Waals surface area contributed by atoms with Crippen molar-refractivity contribution in [3.8, 4) is 6.07 Å². The van der Waals surface area contributed by atoms with Crippen LogP contribution >= 0.6 is 0 Å². The highest BCUT2D eigenvalue weighted by atomic mass is 19.4. The van der Waals surface area contributed by atoms with E-state index < -0.39 is 17.2 Å². The molecule has 0 N–H and O–H groups in total. The van der Waals surface area contributed by atoms with Gasteiger partial charge in [-0.3, -0.25) is 0 Å². The molecule has 0 aromatic heterocycles. The molecule has 0 aliphatic rings. The molecule has 68 valence electrons. The molecule has 0 aromatic carbocycles. The van der Waals surface area contributed by atoms with E-state index in [4.69, 9.17) is 5.26 Å². The van der Waals surface area contributed by atoms with Crippen molar-refractivity contribution >= 4 is 0 Å². The third kappa shape index (κ3) is 2.95. The van der Waals surface area contributed by atoms with E-state index in [1.54, 1.807) is 0 Å². The predicted molar refractivity (Wildman–Crippen MR) is 39.2 cm³/mol. The zero-order chi connectivity index (χ0) is 9.99. The first kappa shape index (κ1) is 11.0. The van der Waals surface area contributed by atoms with Gasteiger partial charge in [0.2, 0.25) is 0 Å². The Morgan fingerprint density at radius 3 is 1.75 bits per heavy atom. The van der Waals surface area contributed by atoms with Crippen LogP contribution in [0, 0.1) is 16.7 Å². The first-order valence-corrected chi connectivity index (χ1v) is 3.37. The van der Waals surface area contributed by atoms with Crippen molar-refractivity contribution < 1.29 is 13.2 Å². The van der Waals surface area contributed by atoms with Gasteiger partial charge < -0.3 is 0 Å². The standard InChI is InChI=1S/C8H10F3N/c1-7(2,3)6(4-5-12)8(9,10)11/h4H,1-3H3. The van der Waals surface area contributed by atoms with Crippen LogP contribution in [0.3, 0.4) is 0 Å². The zero-order valence-corrected chi connectivity index (χ0v) is 7.16. The van der Waals surface area contributed by atoms with Crippen molar-refractivity contribution in [3.63, 3.8) is 0 Å². The quantitative estimate of drug-likeness (QED) is 0.521. The van der Waals surface area contributed by atoms with Gasteiger partial charge in [0.05, 0.1) is 6.07 Å². The van der Waals surface area contributed by atoms with E-state index in [-0.39, 0.29) is 0 Å². The van der Waals surface area contributed by atoms with Crippen molar-refractivity contribution in [1.82, 2.24) is 0 Å². The minimum atomic E-state index is -4.41. The fourth-order valence-electron chi connectivity index (χ4n) is 0.788. The Hall–Kier alpha value is -0.980. The summed E-state index contributed by atoms with van der Waals surface area (Å²) >= 11 is 0. The molecule has 0 rings (SSSR count). The first-order valence-electron chi connectivity index (χ1n) is 3.37. The lowest BCUT2D eigenvalue weighted by atomic mass is 9.86. The average molecular weight is 177 g/mol. The monoisotopic (exact) mass is 177 g/mol. The number of rotatable bonds is 0. The topological polar surface area (TPSA) is 23.8 Å². The highest BCUT2D eigenvalue weighted by molar-refractivity contribution is 5.23. The van der Waals surface area contributed by atoms with Crippen LogP contribution in [0.5, 0.6) is 0 Å². The number of hydrogen-bond acceptors (Lipinski definition) is 1. The summed E-state index contributed by atoms with van der Waals surface area (Å²) in [4.78, 5) is 0. The summed E-state index contributed by atoms with van der Waals surface area (Å²) in [5.41, 5.74) is -1.83. The Morgan fingerprint density at radius 2 is 1.67 bits per heavy atom. The molecule has 4 heteroatoms. The van der Waals surface area contributed by atoms with Crippen molar-refractivity contribution in [2.75, 3.05) is 0 Å².